The molecule has 1 aliphatic rings. The van der Waals surface area contributed by atoms with E-state index in [1.807, 2.05) is 0 Å². The van der Waals surface area contributed by atoms with Crippen LogP contribution in [0.3, 0.4) is 0 Å². The molecule has 1 atom stereocenters. The molecule has 1 fully saturated rings. The van der Waals surface area contributed by atoms with Gasteiger partial charge in [0.15, 0.2) is 0 Å². The zero-order valence-electron chi connectivity index (χ0n) is 10.9. The van der Waals surface area contributed by atoms with Crippen molar-refractivity contribution < 1.29 is 0 Å². The molecule has 0 saturated carbocycles. The summed E-state index contributed by atoms with van der Waals surface area (Å²) in [7, 11) is 0. The third kappa shape index (κ3) is 3.55. The Morgan fingerprint density at radius 2 is 1.94 bits per heavy atom. The fraction of sp³-hybridized carbons (Fsp3) is 0.600. The van der Waals surface area contributed by atoms with Crippen LogP contribution in [-0.2, 0) is 6.54 Å². The van der Waals surface area contributed by atoms with E-state index in [4.69, 9.17) is 5.73 Å². The first-order valence-electron chi connectivity index (χ1n) is 6.68. The summed E-state index contributed by atoms with van der Waals surface area (Å²) in [4.78, 5) is 2.57. The second-order valence-electron chi connectivity index (χ2n) is 5.63. The summed E-state index contributed by atoms with van der Waals surface area (Å²) in [6.07, 6.45) is 3.78. The van der Waals surface area contributed by atoms with Crippen LogP contribution in [0, 0.1) is 5.41 Å². The van der Waals surface area contributed by atoms with Gasteiger partial charge in [0.25, 0.3) is 0 Å². The van der Waals surface area contributed by atoms with E-state index in [0.717, 1.165) is 13.1 Å². The maximum atomic E-state index is 5.89. The third-order valence-corrected chi connectivity index (χ3v) is 4.03. The van der Waals surface area contributed by atoms with E-state index in [-0.39, 0.29) is 0 Å². The van der Waals surface area contributed by atoms with Crippen LogP contribution in [0.5, 0.6) is 0 Å². The first-order chi connectivity index (χ1) is 8.22. The predicted molar refractivity (Wildman–Crippen MR) is 72.7 cm³/mol. The topological polar surface area (TPSA) is 29.3 Å². The van der Waals surface area contributed by atoms with Gasteiger partial charge in [0, 0.05) is 6.54 Å². The monoisotopic (exact) mass is 232 g/mol. The molecule has 2 N–H and O–H groups in total. The molecule has 0 aliphatic carbocycles. The van der Waals surface area contributed by atoms with Crippen molar-refractivity contribution >= 4 is 0 Å². The van der Waals surface area contributed by atoms with E-state index in [1.54, 1.807) is 0 Å². The molecule has 2 nitrogen and oxygen atoms in total. The molecule has 0 radical (unpaired) electrons. The lowest BCUT2D eigenvalue weighted by Crippen LogP contribution is -2.29. The van der Waals surface area contributed by atoms with E-state index < -0.39 is 0 Å². The Morgan fingerprint density at radius 1 is 1.18 bits per heavy atom. The van der Waals surface area contributed by atoms with E-state index in [9.17, 15) is 0 Å². The number of hydrogen-bond donors (Lipinski definition) is 1. The van der Waals surface area contributed by atoms with E-state index in [1.165, 1.54) is 37.9 Å². The van der Waals surface area contributed by atoms with Gasteiger partial charge in [-0.05, 0) is 49.9 Å². The summed E-state index contributed by atoms with van der Waals surface area (Å²) in [6, 6.07) is 10.8. The Balaban J connectivity index is 1.91. The van der Waals surface area contributed by atoms with Gasteiger partial charge < -0.3 is 5.73 Å². The molecule has 17 heavy (non-hydrogen) atoms. The maximum Gasteiger partial charge on any atom is 0.0233 e. The van der Waals surface area contributed by atoms with Crippen molar-refractivity contribution in [3.05, 3.63) is 35.9 Å². The number of nitrogens with two attached hydrogens (primary N) is 1. The Labute approximate surface area is 105 Å². The van der Waals surface area contributed by atoms with Gasteiger partial charge in [-0.15, -0.1) is 0 Å². The van der Waals surface area contributed by atoms with Gasteiger partial charge in [-0.25, -0.2) is 0 Å². The largest absolute Gasteiger partial charge is 0.330 e. The molecule has 0 bridgehead atoms. The van der Waals surface area contributed by atoms with Crippen molar-refractivity contribution in [3.63, 3.8) is 0 Å². The van der Waals surface area contributed by atoms with E-state index >= 15 is 0 Å². The van der Waals surface area contributed by atoms with Gasteiger partial charge in [0.05, 0.1) is 0 Å². The molecule has 1 saturated heterocycles. The van der Waals surface area contributed by atoms with Crippen molar-refractivity contribution in [1.29, 1.82) is 0 Å². The van der Waals surface area contributed by atoms with Crippen molar-refractivity contribution in [2.24, 2.45) is 11.1 Å². The fourth-order valence-electron chi connectivity index (χ4n) is 2.60. The molecule has 1 aromatic rings. The van der Waals surface area contributed by atoms with Gasteiger partial charge in [0.1, 0.15) is 0 Å². The zero-order valence-corrected chi connectivity index (χ0v) is 10.9. The third-order valence-electron chi connectivity index (χ3n) is 4.03. The van der Waals surface area contributed by atoms with Crippen LogP contribution in [-0.4, -0.2) is 24.5 Å². The quantitative estimate of drug-likeness (QED) is 0.868. The second-order valence-corrected chi connectivity index (χ2v) is 5.63. The van der Waals surface area contributed by atoms with E-state index in [2.05, 4.69) is 42.2 Å². The smallest absolute Gasteiger partial charge is 0.0233 e. The van der Waals surface area contributed by atoms with Gasteiger partial charge in [0.2, 0.25) is 0 Å². The molecule has 1 aliphatic heterocycles. The minimum atomic E-state index is 0.367. The first kappa shape index (κ1) is 12.6. The van der Waals surface area contributed by atoms with Gasteiger partial charge in [-0.2, -0.15) is 0 Å². The number of nitrogens with zero attached hydrogens (tertiary/aromatic N) is 1. The van der Waals surface area contributed by atoms with Crippen molar-refractivity contribution in [3.8, 4) is 0 Å². The molecule has 1 aromatic carbocycles. The molecule has 0 aromatic heterocycles. The highest BCUT2D eigenvalue weighted by atomic mass is 15.1. The fourth-order valence-corrected chi connectivity index (χ4v) is 2.60. The zero-order chi connectivity index (χ0) is 12.1. The van der Waals surface area contributed by atoms with Crippen LogP contribution in [0.2, 0.25) is 0 Å². The Hall–Kier alpha value is -0.860. The van der Waals surface area contributed by atoms with Crippen LogP contribution in [0.4, 0.5) is 0 Å². The average molecular weight is 232 g/mol. The van der Waals surface area contributed by atoms with Gasteiger partial charge >= 0.3 is 0 Å². The summed E-state index contributed by atoms with van der Waals surface area (Å²) in [5.74, 6) is 0. The molecule has 94 valence electrons. The summed E-state index contributed by atoms with van der Waals surface area (Å²) in [5.41, 5.74) is 7.67. The lowest BCUT2D eigenvalue weighted by molar-refractivity contribution is 0.248. The Kier molecular flexibility index (Phi) is 4.19. The highest BCUT2D eigenvalue weighted by Crippen LogP contribution is 2.29. The first-order valence-corrected chi connectivity index (χ1v) is 6.68. The molecule has 2 rings (SSSR count). The minimum absolute atomic E-state index is 0.367. The molecule has 2 heteroatoms. The predicted octanol–water partition coefficient (Wildman–Crippen LogP) is 2.64. The Morgan fingerprint density at radius 3 is 2.65 bits per heavy atom. The standard InChI is InChI=1S/C15H24N2/c1-15(13-16)8-5-10-17(11-9-15)12-14-6-3-2-4-7-14/h2-4,6-7H,5,8-13,16H2,1H3. The minimum Gasteiger partial charge on any atom is -0.330 e. The molecular weight excluding hydrogens is 208 g/mol. The summed E-state index contributed by atoms with van der Waals surface area (Å²) < 4.78 is 0. The van der Waals surface area contributed by atoms with Gasteiger partial charge in [-0.1, -0.05) is 37.3 Å². The average Bonchev–Trinajstić information content (AvgIpc) is 2.54. The molecule has 0 amide bonds. The number of likely N-dealkylation sites (tertiary alicyclic amines) is 1. The van der Waals surface area contributed by atoms with Crippen molar-refractivity contribution in [2.75, 3.05) is 19.6 Å². The SMILES string of the molecule is CC1(CN)CCCN(Cc2ccccc2)CC1. The summed E-state index contributed by atoms with van der Waals surface area (Å²) >= 11 is 0. The maximum absolute atomic E-state index is 5.89. The molecule has 1 heterocycles. The number of rotatable bonds is 3. The lowest BCUT2D eigenvalue weighted by atomic mass is 9.83. The van der Waals surface area contributed by atoms with Crippen molar-refractivity contribution in [2.45, 2.75) is 32.7 Å². The van der Waals surface area contributed by atoms with Crippen LogP contribution >= 0.6 is 0 Å². The molecule has 1 unspecified atom stereocenters. The molecule has 0 spiro atoms. The van der Waals surface area contributed by atoms with Crippen LogP contribution in [0.15, 0.2) is 30.3 Å². The molecular formula is C15H24N2. The van der Waals surface area contributed by atoms with Crippen molar-refractivity contribution in [1.82, 2.24) is 4.90 Å². The Bertz CT molecular complexity index is 336. The van der Waals surface area contributed by atoms with E-state index in [0.29, 0.717) is 5.41 Å². The van der Waals surface area contributed by atoms with Gasteiger partial charge in [-0.3, -0.25) is 4.90 Å². The number of hydrogen-bond acceptors (Lipinski definition) is 2. The highest BCUT2D eigenvalue weighted by molar-refractivity contribution is 5.14. The van der Waals surface area contributed by atoms with Crippen LogP contribution in [0.1, 0.15) is 31.7 Å². The summed E-state index contributed by atoms with van der Waals surface area (Å²) in [5, 5.41) is 0. The second kappa shape index (κ2) is 5.65. The lowest BCUT2D eigenvalue weighted by Gasteiger charge is -2.26. The summed E-state index contributed by atoms with van der Waals surface area (Å²) in [6.45, 7) is 6.64. The van der Waals surface area contributed by atoms with Crippen LogP contribution < -0.4 is 5.73 Å². The number of benzene rings is 1. The van der Waals surface area contributed by atoms with Crippen LogP contribution in [0.25, 0.3) is 0 Å². The normalized spacial score (nSPS) is 26.7. The highest BCUT2D eigenvalue weighted by Gasteiger charge is 2.26.